The Morgan fingerprint density at radius 3 is 2.36 bits per heavy atom. The van der Waals surface area contributed by atoms with E-state index in [4.69, 9.17) is 21.1 Å². The molecule has 0 spiro atoms. The van der Waals surface area contributed by atoms with Gasteiger partial charge in [-0.15, -0.1) is 0 Å². The number of anilines is 2. The van der Waals surface area contributed by atoms with Crippen molar-refractivity contribution in [3.05, 3.63) is 94.0 Å². The first-order valence-corrected chi connectivity index (χ1v) is 11.8. The number of ketones is 1. The van der Waals surface area contributed by atoms with Gasteiger partial charge in [-0.05, 0) is 42.0 Å². The van der Waals surface area contributed by atoms with E-state index in [0.717, 1.165) is 5.56 Å². The molecule has 0 unspecified atom stereocenters. The fraction of sp³-hybridized carbons (Fsp3) is 0.125. The smallest absolute Gasteiger partial charge is 0.270 e. The number of nitrogens with zero attached hydrogens (tertiary/aromatic N) is 1. The third kappa shape index (κ3) is 4.40. The van der Waals surface area contributed by atoms with Crippen LogP contribution in [0.4, 0.5) is 11.4 Å². The monoisotopic (exact) mass is 484 g/mol. The second-order valence-electron chi connectivity index (χ2n) is 7.21. The Morgan fingerprint density at radius 2 is 1.67 bits per heavy atom. The zero-order chi connectivity index (χ0) is 23.6. The molecular formula is C24H21ClN2O5S. The van der Waals surface area contributed by atoms with Crippen molar-refractivity contribution in [1.29, 1.82) is 0 Å². The van der Waals surface area contributed by atoms with Crippen LogP contribution in [0, 0.1) is 0 Å². The number of rotatable bonds is 6. The van der Waals surface area contributed by atoms with Gasteiger partial charge in [0.05, 0.1) is 26.5 Å². The van der Waals surface area contributed by atoms with Gasteiger partial charge in [-0.3, -0.25) is 9.10 Å². The summed E-state index contributed by atoms with van der Waals surface area (Å²) in [6, 6.07) is 18.6. The van der Waals surface area contributed by atoms with Crippen molar-refractivity contribution in [2.45, 2.75) is 6.54 Å². The first-order valence-electron chi connectivity index (χ1n) is 9.95. The summed E-state index contributed by atoms with van der Waals surface area (Å²) in [4.78, 5) is 12.8. The minimum atomic E-state index is -4.14. The maximum Gasteiger partial charge on any atom is 0.270 e. The molecule has 1 heterocycles. The van der Waals surface area contributed by atoms with Crippen molar-refractivity contribution in [1.82, 2.24) is 0 Å². The van der Waals surface area contributed by atoms with Crippen molar-refractivity contribution >= 4 is 38.8 Å². The van der Waals surface area contributed by atoms with Gasteiger partial charge in [0.15, 0.2) is 16.4 Å². The van der Waals surface area contributed by atoms with Crippen LogP contribution in [0.2, 0.25) is 5.02 Å². The number of halogens is 1. The molecule has 4 rings (SSSR count). The van der Waals surface area contributed by atoms with Crippen molar-refractivity contribution < 1.29 is 22.7 Å². The lowest BCUT2D eigenvalue weighted by molar-refractivity contribution is 0.104. The van der Waals surface area contributed by atoms with Crippen LogP contribution in [-0.4, -0.2) is 28.4 Å². The Hall–Kier alpha value is -3.49. The van der Waals surface area contributed by atoms with Crippen LogP contribution in [-0.2, 0) is 16.6 Å². The number of carbonyl (C=O) groups is 1. The van der Waals surface area contributed by atoms with Crippen LogP contribution in [0.3, 0.4) is 0 Å². The van der Waals surface area contributed by atoms with E-state index in [1.807, 2.05) is 0 Å². The molecule has 3 aromatic carbocycles. The third-order valence-electron chi connectivity index (χ3n) is 5.20. The lowest BCUT2D eigenvalue weighted by Crippen LogP contribution is -2.39. The number of methoxy groups -OCH3 is 2. The Balaban J connectivity index is 1.74. The molecule has 0 saturated carbocycles. The lowest BCUT2D eigenvalue weighted by atomic mass is 10.1. The molecule has 0 amide bonds. The highest BCUT2D eigenvalue weighted by atomic mass is 35.5. The predicted molar refractivity (Wildman–Crippen MR) is 129 cm³/mol. The molecule has 3 aromatic rings. The van der Waals surface area contributed by atoms with E-state index in [0.29, 0.717) is 33.5 Å². The maximum atomic E-state index is 13.5. The van der Waals surface area contributed by atoms with Gasteiger partial charge in [0.1, 0.15) is 0 Å². The molecule has 0 saturated heterocycles. The molecular weight excluding hydrogens is 464 g/mol. The first-order chi connectivity index (χ1) is 15.8. The molecule has 7 nitrogen and oxygen atoms in total. The highest BCUT2D eigenvalue weighted by molar-refractivity contribution is 7.97. The molecule has 0 aliphatic carbocycles. The van der Waals surface area contributed by atoms with Gasteiger partial charge in [-0.1, -0.05) is 35.9 Å². The molecule has 170 valence electrons. The van der Waals surface area contributed by atoms with Crippen molar-refractivity contribution in [2.24, 2.45) is 0 Å². The predicted octanol–water partition coefficient (Wildman–Crippen LogP) is 4.84. The number of sulfonamides is 1. The summed E-state index contributed by atoms with van der Waals surface area (Å²) in [5.41, 5.74) is 1.91. The van der Waals surface area contributed by atoms with Gasteiger partial charge in [0.2, 0.25) is 5.78 Å². The standard InChI is InChI=1S/C24H21ClN2O5S/c1-31-21-12-11-18(13-22(21)32-2)26-14-23-24(28)19-5-3-4-6-20(19)27(33(23,29)30)15-16-7-9-17(25)10-8-16/h3-14,26H,15H2,1-2H3. The zero-order valence-corrected chi connectivity index (χ0v) is 19.5. The summed E-state index contributed by atoms with van der Waals surface area (Å²) < 4.78 is 38.8. The molecule has 0 bridgehead atoms. The average molecular weight is 485 g/mol. The number of hydrogen-bond acceptors (Lipinski definition) is 6. The second-order valence-corrected chi connectivity index (χ2v) is 9.47. The summed E-state index contributed by atoms with van der Waals surface area (Å²) in [5.74, 6) is 0.416. The summed E-state index contributed by atoms with van der Waals surface area (Å²) in [7, 11) is -1.12. The first kappa shape index (κ1) is 22.7. The summed E-state index contributed by atoms with van der Waals surface area (Å²) in [5, 5.41) is 3.46. The van der Waals surface area contributed by atoms with Gasteiger partial charge >= 0.3 is 0 Å². The average Bonchev–Trinajstić information content (AvgIpc) is 2.82. The molecule has 33 heavy (non-hydrogen) atoms. The fourth-order valence-electron chi connectivity index (χ4n) is 3.52. The minimum Gasteiger partial charge on any atom is -0.493 e. The Labute approximate surface area is 197 Å². The van der Waals surface area contributed by atoms with Crippen LogP contribution in [0.15, 0.2) is 77.8 Å². The Bertz CT molecular complexity index is 1340. The second kappa shape index (κ2) is 9.17. The van der Waals surface area contributed by atoms with Gasteiger partial charge in [-0.2, -0.15) is 0 Å². The Morgan fingerprint density at radius 1 is 0.970 bits per heavy atom. The molecule has 1 aliphatic heterocycles. The van der Waals surface area contributed by atoms with E-state index >= 15 is 0 Å². The van der Waals surface area contributed by atoms with Gasteiger partial charge in [-0.25, -0.2) is 8.42 Å². The van der Waals surface area contributed by atoms with E-state index in [2.05, 4.69) is 5.32 Å². The quantitative estimate of drug-likeness (QED) is 0.504. The highest BCUT2D eigenvalue weighted by Crippen LogP contribution is 2.36. The summed E-state index contributed by atoms with van der Waals surface area (Å²) >= 11 is 5.96. The molecule has 0 fully saturated rings. The highest BCUT2D eigenvalue weighted by Gasteiger charge is 2.40. The number of fused-ring (bicyclic) bond motifs is 1. The molecule has 1 aliphatic rings. The normalized spacial score (nSPS) is 15.8. The van der Waals surface area contributed by atoms with E-state index < -0.39 is 15.8 Å². The number of benzene rings is 3. The van der Waals surface area contributed by atoms with Crippen molar-refractivity contribution in [3.63, 3.8) is 0 Å². The van der Waals surface area contributed by atoms with Gasteiger partial charge in [0.25, 0.3) is 10.0 Å². The molecule has 0 atom stereocenters. The van der Waals surface area contributed by atoms with Crippen LogP contribution >= 0.6 is 11.6 Å². The van der Waals surface area contributed by atoms with Crippen LogP contribution < -0.4 is 19.1 Å². The van der Waals surface area contributed by atoms with Gasteiger partial charge < -0.3 is 14.8 Å². The molecule has 1 N–H and O–H groups in total. The van der Waals surface area contributed by atoms with E-state index in [1.54, 1.807) is 66.7 Å². The third-order valence-corrected chi connectivity index (χ3v) is 7.22. The largest absolute Gasteiger partial charge is 0.493 e. The summed E-state index contributed by atoms with van der Waals surface area (Å²) in [6.45, 7) is 0.0531. The Kier molecular flexibility index (Phi) is 6.31. The number of allylic oxidation sites excluding steroid dienone is 1. The van der Waals surface area contributed by atoms with Crippen molar-refractivity contribution in [3.8, 4) is 11.5 Å². The number of hydrogen-bond donors (Lipinski definition) is 1. The molecule has 9 heteroatoms. The molecule has 0 aromatic heterocycles. The lowest BCUT2D eigenvalue weighted by Gasteiger charge is -2.31. The minimum absolute atomic E-state index is 0.0531. The SMILES string of the molecule is COc1ccc(NC=C2C(=O)c3ccccc3N(Cc3ccc(Cl)cc3)S2(=O)=O)cc1OC. The van der Waals surface area contributed by atoms with E-state index in [-0.39, 0.29) is 11.4 Å². The topological polar surface area (TPSA) is 84.9 Å². The van der Waals surface area contributed by atoms with Crippen LogP contribution in [0.25, 0.3) is 0 Å². The van der Waals surface area contributed by atoms with Crippen LogP contribution in [0.5, 0.6) is 11.5 Å². The number of para-hydroxylation sites is 1. The fourth-order valence-corrected chi connectivity index (χ4v) is 5.17. The number of nitrogens with one attached hydrogen (secondary N) is 1. The van der Waals surface area contributed by atoms with Crippen LogP contribution in [0.1, 0.15) is 15.9 Å². The number of ether oxygens (including phenoxy) is 2. The maximum absolute atomic E-state index is 13.5. The molecule has 0 radical (unpaired) electrons. The van der Waals surface area contributed by atoms with Gasteiger partial charge in [0, 0.05) is 28.5 Å². The van der Waals surface area contributed by atoms with E-state index in [9.17, 15) is 13.2 Å². The van der Waals surface area contributed by atoms with Crippen molar-refractivity contribution in [2.75, 3.05) is 23.8 Å². The summed E-state index contributed by atoms with van der Waals surface area (Å²) in [6.07, 6.45) is 1.21. The zero-order valence-electron chi connectivity index (χ0n) is 17.9. The number of Topliss-reactive ketones (excluding diaryl/α,β-unsaturated/α-hetero) is 1. The van der Waals surface area contributed by atoms with E-state index in [1.165, 1.54) is 24.7 Å². The number of carbonyl (C=O) groups excluding carboxylic acids is 1.